The molecule has 1 amide bonds. The number of ether oxygens (including phenoxy) is 1. The number of halogens is 1. The lowest BCUT2D eigenvalue weighted by atomic mass is 10.0. The second kappa shape index (κ2) is 6.01. The number of methoxy groups -OCH3 is 1. The monoisotopic (exact) mass is 319 g/mol. The van der Waals surface area contributed by atoms with E-state index in [0.29, 0.717) is 5.75 Å². The van der Waals surface area contributed by atoms with Gasteiger partial charge >= 0.3 is 0 Å². The molecule has 0 aliphatic heterocycles. The van der Waals surface area contributed by atoms with Crippen LogP contribution in [0.1, 0.15) is 37.6 Å². The van der Waals surface area contributed by atoms with Crippen LogP contribution in [-0.4, -0.2) is 27.0 Å². The fourth-order valence-corrected chi connectivity index (χ4v) is 2.26. The van der Waals surface area contributed by atoms with Gasteiger partial charge in [0.1, 0.15) is 5.75 Å². The number of amides is 1. The van der Waals surface area contributed by atoms with Crippen molar-refractivity contribution < 1.29 is 17.9 Å². The predicted octanol–water partition coefficient (Wildman–Crippen LogP) is 2.54. The van der Waals surface area contributed by atoms with E-state index in [4.69, 9.17) is 15.4 Å². The van der Waals surface area contributed by atoms with Crippen molar-refractivity contribution in [2.24, 2.45) is 0 Å². The minimum absolute atomic E-state index is 0.135. The summed E-state index contributed by atoms with van der Waals surface area (Å²) in [6.45, 7) is 5.69. The summed E-state index contributed by atoms with van der Waals surface area (Å²) in [5.74, 6) is -0.116. The van der Waals surface area contributed by atoms with Gasteiger partial charge in [-0.1, -0.05) is 6.92 Å². The van der Waals surface area contributed by atoms with E-state index in [9.17, 15) is 13.2 Å². The van der Waals surface area contributed by atoms with Gasteiger partial charge in [-0.25, -0.2) is 8.42 Å². The molecule has 0 aromatic heterocycles. The number of rotatable bonds is 5. The fraction of sp³-hybridized carbons (Fsp3) is 0.462. The van der Waals surface area contributed by atoms with Crippen molar-refractivity contribution in [1.82, 2.24) is 5.32 Å². The molecule has 1 N–H and O–H groups in total. The molecule has 20 heavy (non-hydrogen) atoms. The van der Waals surface area contributed by atoms with Crippen LogP contribution in [0.3, 0.4) is 0 Å². The number of hydrogen-bond donors (Lipinski definition) is 1. The Hall–Kier alpha value is -1.27. The summed E-state index contributed by atoms with van der Waals surface area (Å²) in [5.41, 5.74) is -0.270. The maximum Gasteiger partial charge on any atom is 0.261 e. The quantitative estimate of drug-likeness (QED) is 0.846. The first-order valence-corrected chi connectivity index (χ1v) is 8.37. The van der Waals surface area contributed by atoms with Crippen LogP contribution in [0.15, 0.2) is 23.1 Å². The topological polar surface area (TPSA) is 72.5 Å². The van der Waals surface area contributed by atoms with Gasteiger partial charge in [0, 0.05) is 16.2 Å². The first-order chi connectivity index (χ1) is 9.10. The Bertz CT molecular complexity index is 611. The van der Waals surface area contributed by atoms with Gasteiger partial charge in [-0.2, -0.15) is 0 Å². The van der Waals surface area contributed by atoms with Crippen LogP contribution >= 0.6 is 10.7 Å². The molecule has 0 unspecified atom stereocenters. The third kappa shape index (κ3) is 4.11. The molecule has 0 heterocycles. The van der Waals surface area contributed by atoms with E-state index in [1.807, 2.05) is 20.8 Å². The van der Waals surface area contributed by atoms with Crippen molar-refractivity contribution >= 4 is 25.6 Å². The Morgan fingerprint density at radius 3 is 2.45 bits per heavy atom. The van der Waals surface area contributed by atoms with Crippen molar-refractivity contribution in [3.8, 4) is 5.75 Å². The zero-order chi connectivity index (χ0) is 15.6. The van der Waals surface area contributed by atoms with Crippen LogP contribution < -0.4 is 10.1 Å². The van der Waals surface area contributed by atoms with E-state index < -0.39 is 20.5 Å². The van der Waals surface area contributed by atoms with Crippen LogP contribution in [0.25, 0.3) is 0 Å². The lowest BCUT2D eigenvalue weighted by molar-refractivity contribution is 0.0908. The van der Waals surface area contributed by atoms with Crippen LogP contribution in [0.4, 0.5) is 0 Å². The Labute approximate surface area is 123 Å². The van der Waals surface area contributed by atoms with Gasteiger partial charge in [-0.3, -0.25) is 4.79 Å². The van der Waals surface area contributed by atoms with Gasteiger partial charge in [-0.05, 0) is 38.5 Å². The molecule has 0 aliphatic rings. The highest BCUT2D eigenvalue weighted by atomic mass is 35.7. The molecule has 0 atom stereocenters. The van der Waals surface area contributed by atoms with Crippen LogP contribution in [-0.2, 0) is 9.05 Å². The maximum absolute atomic E-state index is 12.2. The van der Waals surface area contributed by atoms with E-state index in [1.54, 1.807) is 0 Å². The lowest BCUT2D eigenvalue weighted by Crippen LogP contribution is -2.42. The van der Waals surface area contributed by atoms with Crippen molar-refractivity contribution in [3.05, 3.63) is 23.8 Å². The highest BCUT2D eigenvalue weighted by molar-refractivity contribution is 8.13. The Morgan fingerprint density at radius 1 is 1.40 bits per heavy atom. The number of nitrogens with one attached hydrogen (secondary N) is 1. The summed E-state index contributed by atoms with van der Waals surface area (Å²) >= 11 is 0. The summed E-state index contributed by atoms with van der Waals surface area (Å²) < 4.78 is 27.8. The first-order valence-electron chi connectivity index (χ1n) is 6.06. The molecule has 7 heteroatoms. The molecule has 1 aromatic rings. The molecule has 0 saturated heterocycles. The smallest absolute Gasteiger partial charge is 0.261 e. The first kappa shape index (κ1) is 16.8. The molecular weight excluding hydrogens is 302 g/mol. The summed E-state index contributed by atoms with van der Waals surface area (Å²) in [6, 6.07) is 3.91. The highest BCUT2D eigenvalue weighted by Crippen LogP contribution is 2.25. The van der Waals surface area contributed by atoms with Gasteiger partial charge in [-0.15, -0.1) is 0 Å². The second-order valence-corrected chi connectivity index (χ2v) is 7.56. The molecular formula is C13H18ClNO4S. The van der Waals surface area contributed by atoms with Crippen LogP contribution in [0.5, 0.6) is 5.75 Å². The van der Waals surface area contributed by atoms with Gasteiger partial charge < -0.3 is 10.1 Å². The standard InChI is InChI=1S/C13H18ClNO4S/c1-5-13(2,3)15-12(16)10-8-9(20(14,17)18)6-7-11(10)19-4/h6-8H,5H2,1-4H3,(H,15,16). The zero-order valence-corrected chi connectivity index (χ0v) is 13.4. The van der Waals surface area contributed by atoms with E-state index in [0.717, 1.165) is 6.42 Å². The van der Waals surface area contributed by atoms with Gasteiger partial charge in [0.25, 0.3) is 15.0 Å². The van der Waals surface area contributed by atoms with Gasteiger partial charge in [0.05, 0.1) is 17.6 Å². The fourth-order valence-electron chi connectivity index (χ4n) is 1.48. The van der Waals surface area contributed by atoms with E-state index >= 15 is 0 Å². The largest absolute Gasteiger partial charge is 0.496 e. The Balaban J connectivity index is 3.24. The zero-order valence-electron chi connectivity index (χ0n) is 11.9. The summed E-state index contributed by atoms with van der Waals surface area (Å²) in [4.78, 5) is 12.1. The summed E-state index contributed by atoms with van der Waals surface area (Å²) in [6.07, 6.45) is 0.731. The highest BCUT2D eigenvalue weighted by Gasteiger charge is 2.23. The van der Waals surface area contributed by atoms with Crippen LogP contribution in [0.2, 0.25) is 0 Å². The number of benzene rings is 1. The molecule has 112 valence electrons. The van der Waals surface area contributed by atoms with E-state index in [2.05, 4.69) is 5.32 Å². The summed E-state index contributed by atoms with van der Waals surface area (Å²) in [7, 11) is 2.80. The molecule has 1 rings (SSSR count). The molecule has 0 fully saturated rings. The number of carbonyl (C=O) groups excluding carboxylic acids is 1. The second-order valence-electron chi connectivity index (χ2n) is 4.99. The summed E-state index contributed by atoms with van der Waals surface area (Å²) in [5, 5.41) is 2.82. The minimum Gasteiger partial charge on any atom is -0.496 e. The van der Waals surface area contributed by atoms with Crippen molar-refractivity contribution in [1.29, 1.82) is 0 Å². The number of hydrogen-bond acceptors (Lipinski definition) is 4. The molecule has 0 radical (unpaired) electrons. The van der Waals surface area contributed by atoms with Crippen LogP contribution in [0, 0.1) is 0 Å². The molecule has 0 aliphatic carbocycles. The maximum atomic E-state index is 12.2. The molecule has 0 bridgehead atoms. The average molecular weight is 320 g/mol. The third-order valence-corrected chi connectivity index (χ3v) is 4.38. The predicted molar refractivity (Wildman–Crippen MR) is 77.9 cm³/mol. The van der Waals surface area contributed by atoms with Crippen molar-refractivity contribution in [3.63, 3.8) is 0 Å². The van der Waals surface area contributed by atoms with Gasteiger partial charge in [0.2, 0.25) is 0 Å². The van der Waals surface area contributed by atoms with Gasteiger partial charge in [0.15, 0.2) is 0 Å². The molecule has 1 aromatic carbocycles. The van der Waals surface area contributed by atoms with Crippen molar-refractivity contribution in [2.75, 3.05) is 7.11 Å². The van der Waals surface area contributed by atoms with E-state index in [-0.39, 0.29) is 10.5 Å². The normalized spacial score (nSPS) is 12.1. The number of carbonyl (C=O) groups is 1. The Morgan fingerprint density at radius 2 is 2.00 bits per heavy atom. The Kier molecular flexibility index (Phi) is 5.05. The SMILES string of the molecule is CCC(C)(C)NC(=O)c1cc(S(=O)(=O)Cl)ccc1OC. The molecule has 0 spiro atoms. The van der Waals surface area contributed by atoms with Crippen molar-refractivity contribution in [2.45, 2.75) is 37.6 Å². The lowest BCUT2D eigenvalue weighted by Gasteiger charge is -2.25. The van der Waals surface area contributed by atoms with E-state index in [1.165, 1.54) is 25.3 Å². The average Bonchev–Trinajstić information content (AvgIpc) is 2.36. The third-order valence-electron chi connectivity index (χ3n) is 3.03. The minimum atomic E-state index is -3.90. The molecule has 5 nitrogen and oxygen atoms in total. The molecule has 0 saturated carbocycles.